The number of hydrogen-bond acceptors (Lipinski definition) is 4. The first-order chi connectivity index (χ1) is 32.7. The molecule has 2 heterocycles. The third-order valence-corrected chi connectivity index (χ3v) is 13.9. The molecule has 308 valence electrons. The Morgan fingerprint density at radius 3 is 1.73 bits per heavy atom. The second kappa shape index (κ2) is 14.5. The van der Waals surface area contributed by atoms with Crippen molar-refractivity contribution in [3.8, 4) is 67.5 Å². The van der Waals surface area contributed by atoms with Crippen LogP contribution in [0.5, 0.6) is 0 Å². The maximum absolute atomic E-state index is 7.04. The minimum Gasteiger partial charge on any atom is -0.455 e. The third kappa shape index (κ3) is 5.75. The number of furan rings is 1. The molecule has 0 bridgehead atoms. The summed E-state index contributed by atoms with van der Waals surface area (Å²) in [6.07, 6.45) is 7.38. The zero-order valence-corrected chi connectivity index (χ0v) is 35.9. The molecule has 0 aliphatic heterocycles. The highest BCUT2D eigenvalue weighted by Crippen LogP contribution is 2.49. The van der Waals surface area contributed by atoms with Crippen LogP contribution in [-0.4, -0.2) is 15.0 Å². The minimum atomic E-state index is 0.573. The Morgan fingerprint density at radius 2 is 0.985 bits per heavy atom. The average molecular weight is 842 g/mol. The summed E-state index contributed by atoms with van der Waals surface area (Å²) in [5, 5.41) is 9.38. The monoisotopic (exact) mass is 841 g/mol. The van der Waals surface area contributed by atoms with Crippen LogP contribution in [0.4, 0.5) is 0 Å². The highest BCUT2D eigenvalue weighted by atomic mass is 16.3. The van der Waals surface area contributed by atoms with E-state index in [0.717, 1.165) is 96.3 Å². The summed E-state index contributed by atoms with van der Waals surface area (Å²) >= 11 is 0. The lowest BCUT2D eigenvalue weighted by Crippen LogP contribution is -2.03. The number of rotatable bonds is 5. The lowest BCUT2D eigenvalue weighted by atomic mass is 9.91. The Labute approximate surface area is 381 Å². The minimum absolute atomic E-state index is 0.573. The van der Waals surface area contributed by atoms with Gasteiger partial charge in [0.25, 0.3) is 0 Å². The lowest BCUT2D eigenvalue weighted by molar-refractivity contribution is 0.669. The molecule has 0 saturated heterocycles. The molecule has 0 radical (unpaired) electrons. The van der Waals surface area contributed by atoms with Gasteiger partial charge >= 0.3 is 0 Å². The molecule has 2 aromatic heterocycles. The first kappa shape index (κ1) is 37.0. The van der Waals surface area contributed by atoms with E-state index in [9.17, 15) is 0 Å². The van der Waals surface area contributed by atoms with Crippen molar-refractivity contribution in [2.45, 2.75) is 19.3 Å². The quantitative estimate of drug-likeness (QED) is 0.173. The van der Waals surface area contributed by atoms with E-state index >= 15 is 0 Å². The number of allylic oxidation sites excluding steroid dienone is 1. The summed E-state index contributed by atoms with van der Waals surface area (Å²) in [6, 6.07) is 67.5. The molecule has 10 aromatic carbocycles. The molecule has 14 rings (SSSR count). The van der Waals surface area contributed by atoms with Crippen LogP contribution in [0.1, 0.15) is 28.7 Å². The van der Waals surface area contributed by atoms with Gasteiger partial charge in [0, 0.05) is 21.9 Å². The highest BCUT2D eigenvalue weighted by Gasteiger charge is 2.29. The number of benzene rings is 10. The first-order valence-corrected chi connectivity index (χ1v) is 22.9. The standard InChI is InChI=1S/C62H39N3O/c1-3-15-37(16-4-1)44-31-45(38-17-5-2-6-18-38)33-46(32-44)60-63-61(52-34-41-21-9-13-25-49(41)56-51(52)36-43-28-27-39-19-7-11-23-47(39)55(43)56)65-62(64-60)53-35-42-22-10-14-26-50(42)58-57-48-24-12-8-20-40(48)29-30-54(57)66-59(53)58/h1-7,9-19,21-35H,8,20,36H2. The number of fused-ring (bicyclic) bond motifs is 14. The van der Waals surface area contributed by atoms with E-state index in [1.54, 1.807) is 0 Å². The third-order valence-electron chi connectivity index (χ3n) is 13.9. The molecule has 66 heavy (non-hydrogen) atoms. The van der Waals surface area contributed by atoms with Crippen molar-refractivity contribution >= 4 is 60.3 Å². The van der Waals surface area contributed by atoms with Gasteiger partial charge in [-0.25, -0.2) is 15.0 Å². The summed E-state index contributed by atoms with van der Waals surface area (Å²) in [5.74, 6) is 1.81. The average Bonchev–Trinajstić information content (AvgIpc) is 3.99. The Kier molecular flexibility index (Phi) is 8.14. The molecule has 2 aliphatic rings. The van der Waals surface area contributed by atoms with Crippen molar-refractivity contribution in [3.63, 3.8) is 0 Å². The largest absolute Gasteiger partial charge is 0.455 e. The molecule has 4 nitrogen and oxygen atoms in total. The molecule has 0 atom stereocenters. The fourth-order valence-electron chi connectivity index (χ4n) is 10.9. The molecule has 0 unspecified atom stereocenters. The van der Waals surface area contributed by atoms with Gasteiger partial charge in [0.2, 0.25) is 0 Å². The molecule has 0 saturated carbocycles. The molecule has 2 aliphatic carbocycles. The predicted octanol–water partition coefficient (Wildman–Crippen LogP) is 16.1. The van der Waals surface area contributed by atoms with Crippen LogP contribution in [0.2, 0.25) is 0 Å². The van der Waals surface area contributed by atoms with Crippen LogP contribution in [0.3, 0.4) is 0 Å². The zero-order chi connectivity index (χ0) is 43.3. The van der Waals surface area contributed by atoms with Crippen LogP contribution < -0.4 is 0 Å². The second-order valence-corrected chi connectivity index (χ2v) is 17.7. The molecular weight excluding hydrogens is 803 g/mol. The Hall–Kier alpha value is -8.47. The van der Waals surface area contributed by atoms with Gasteiger partial charge in [-0.05, 0) is 144 Å². The normalized spacial score (nSPS) is 12.9. The smallest absolute Gasteiger partial charge is 0.167 e. The van der Waals surface area contributed by atoms with Crippen molar-refractivity contribution in [1.29, 1.82) is 0 Å². The summed E-state index contributed by atoms with van der Waals surface area (Å²) in [6.45, 7) is 0. The molecule has 0 amide bonds. The number of aromatic nitrogens is 3. The molecule has 0 spiro atoms. The van der Waals surface area contributed by atoms with Crippen LogP contribution in [0.25, 0.3) is 128 Å². The van der Waals surface area contributed by atoms with Crippen LogP contribution in [0.15, 0.2) is 199 Å². The van der Waals surface area contributed by atoms with Crippen LogP contribution in [-0.2, 0) is 12.8 Å². The summed E-state index contributed by atoms with van der Waals surface area (Å²) in [4.78, 5) is 16.7. The van der Waals surface area contributed by atoms with Gasteiger partial charge in [-0.1, -0.05) is 164 Å². The van der Waals surface area contributed by atoms with Crippen molar-refractivity contribution in [3.05, 3.63) is 216 Å². The van der Waals surface area contributed by atoms with Gasteiger partial charge in [0.1, 0.15) is 11.2 Å². The highest BCUT2D eigenvalue weighted by molar-refractivity contribution is 6.24. The molecular formula is C62H39N3O. The van der Waals surface area contributed by atoms with Gasteiger partial charge in [-0.2, -0.15) is 0 Å². The van der Waals surface area contributed by atoms with Gasteiger partial charge in [-0.15, -0.1) is 0 Å². The Bertz CT molecular complexity index is 3960. The lowest BCUT2D eigenvalue weighted by Gasteiger charge is -2.16. The van der Waals surface area contributed by atoms with E-state index in [2.05, 4.69) is 200 Å². The fraction of sp³-hybridized carbons (Fsp3) is 0.0484. The van der Waals surface area contributed by atoms with Crippen LogP contribution >= 0.6 is 0 Å². The van der Waals surface area contributed by atoms with Gasteiger partial charge in [0.15, 0.2) is 17.5 Å². The first-order valence-electron chi connectivity index (χ1n) is 22.9. The SMILES string of the molecule is C1=Cc2c(ccc3oc4c(-c5nc(-c6cc(-c7ccccc7)cc(-c7ccccc7)c6)nc(-c6cc7ccccc7c7c6Cc6ccc8ccccc8c6-7)n5)cc5ccccc5c4c23)CC1. The van der Waals surface area contributed by atoms with E-state index in [1.165, 1.54) is 49.5 Å². The van der Waals surface area contributed by atoms with E-state index in [1.807, 2.05) is 0 Å². The maximum atomic E-state index is 7.04. The molecule has 0 N–H and O–H groups in total. The van der Waals surface area contributed by atoms with Crippen molar-refractivity contribution in [1.82, 2.24) is 15.0 Å². The topological polar surface area (TPSA) is 51.8 Å². The predicted molar refractivity (Wildman–Crippen MR) is 272 cm³/mol. The number of aryl methyl sites for hydroxylation is 1. The van der Waals surface area contributed by atoms with Gasteiger partial charge in [0.05, 0.1) is 5.56 Å². The van der Waals surface area contributed by atoms with E-state index in [-0.39, 0.29) is 0 Å². The summed E-state index contributed by atoms with van der Waals surface area (Å²) < 4.78 is 7.04. The number of nitrogens with zero attached hydrogens (tertiary/aromatic N) is 3. The van der Waals surface area contributed by atoms with Gasteiger partial charge < -0.3 is 4.42 Å². The van der Waals surface area contributed by atoms with E-state index in [4.69, 9.17) is 19.4 Å². The van der Waals surface area contributed by atoms with Crippen molar-refractivity contribution in [2.24, 2.45) is 0 Å². The van der Waals surface area contributed by atoms with Crippen molar-refractivity contribution in [2.75, 3.05) is 0 Å². The maximum Gasteiger partial charge on any atom is 0.167 e. The Morgan fingerprint density at radius 1 is 0.409 bits per heavy atom. The van der Waals surface area contributed by atoms with Gasteiger partial charge in [-0.3, -0.25) is 0 Å². The summed E-state index contributed by atoms with van der Waals surface area (Å²) in [7, 11) is 0. The number of hydrogen-bond donors (Lipinski definition) is 0. The zero-order valence-electron chi connectivity index (χ0n) is 35.9. The molecule has 4 heteroatoms. The van der Waals surface area contributed by atoms with Crippen LogP contribution in [0, 0.1) is 0 Å². The Balaban J connectivity index is 1.09. The van der Waals surface area contributed by atoms with Crippen molar-refractivity contribution < 1.29 is 4.42 Å². The van der Waals surface area contributed by atoms with E-state index in [0.29, 0.717) is 17.5 Å². The molecule has 12 aromatic rings. The fourth-order valence-corrected chi connectivity index (χ4v) is 10.9. The summed E-state index contributed by atoms with van der Waals surface area (Å²) in [5.41, 5.74) is 16.5. The molecule has 0 fully saturated rings. The second-order valence-electron chi connectivity index (χ2n) is 17.7. The van der Waals surface area contributed by atoms with E-state index < -0.39 is 0 Å².